The molecule has 0 saturated carbocycles. The van der Waals surface area contributed by atoms with Crippen molar-refractivity contribution in [2.24, 2.45) is 0 Å². The summed E-state index contributed by atoms with van der Waals surface area (Å²) in [5, 5.41) is 0. The maximum Gasteiger partial charge on any atom is 0.246 e. The number of methoxy groups -OCH3 is 2. The van der Waals surface area contributed by atoms with Crippen molar-refractivity contribution in [1.82, 2.24) is 4.90 Å². The second-order valence-corrected chi connectivity index (χ2v) is 5.24. The highest BCUT2D eigenvalue weighted by atomic mass is 19.1. The van der Waals surface area contributed by atoms with Crippen molar-refractivity contribution in [2.75, 3.05) is 21.3 Å². The second kappa shape index (κ2) is 8.15. The predicted molar refractivity (Wildman–Crippen MR) is 91.5 cm³/mol. The van der Waals surface area contributed by atoms with Gasteiger partial charge in [-0.15, -0.1) is 0 Å². The summed E-state index contributed by atoms with van der Waals surface area (Å²) >= 11 is 0. The average Bonchev–Trinajstić information content (AvgIpc) is 2.60. The molecule has 0 aromatic heterocycles. The van der Waals surface area contributed by atoms with Crippen LogP contribution in [0.1, 0.15) is 11.1 Å². The fraction of sp³-hybridized carbons (Fsp3) is 0.211. The van der Waals surface area contributed by atoms with Crippen molar-refractivity contribution in [3.63, 3.8) is 0 Å². The molecule has 2 aromatic rings. The van der Waals surface area contributed by atoms with Crippen LogP contribution in [0.4, 0.5) is 4.39 Å². The van der Waals surface area contributed by atoms with Crippen LogP contribution in [0.3, 0.4) is 0 Å². The molecule has 0 aliphatic heterocycles. The zero-order valence-electron chi connectivity index (χ0n) is 14.0. The number of nitrogens with zero attached hydrogens (tertiary/aromatic N) is 1. The topological polar surface area (TPSA) is 38.8 Å². The molecule has 0 spiro atoms. The summed E-state index contributed by atoms with van der Waals surface area (Å²) in [6.45, 7) is 0.302. The SMILES string of the molecule is COc1ccc(CN(C)C(=O)/C=C/c2ccccc2OC)cc1F. The van der Waals surface area contributed by atoms with Crippen LogP contribution in [0, 0.1) is 5.82 Å². The maximum absolute atomic E-state index is 13.7. The van der Waals surface area contributed by atoms with E-state index in [2.05, 4.69) is 0 Å². The smallest absolute Gasteiger partial charge is 0.246 e. The standard InChI is InChI=1S/C19H20FNO3/c1-21(13-14-8-10-18(24-3)16(20)12-14)19(22)11-9-15-6-4-5-7-17(15)23-2/h4-12H,13H2,1-3H3/b11-9+. The van der Waals surface area contributed by atoms with Gasteiger partial charge >= 0.3 is 0 Å². The molecule has 0 bridgehead atoms. The van der Waals surface area contributed by atoms with Gasteiger partial charge < -0.3 is 14.4 Å². The lowest BCUT2D eigenvalue weighted by atomic mass is 10.1. The molecular weight excluding hydrogens is 309 g/mol. The van der Waals surface area contributed by atoms with Gasteiger partial charge in [-0.1, -0.05) is 24.3 Å². The van der Waals surface area contributed by atoms with Gasteiger partial charge in [0.05, 0.1) is 14.2 Å². The third-order valence-electron chi connectivity index (χ3n) is 3.56. The van der Waals surface area contributed by atoms with Crippen LogP contribution in [0.2, 0.25) is 0 Å². The molecule has 24 heavy (non-hydrogen) atoms. The summed E-state index contributed by atoms with van der Waals surface area (Å²) in [5.41, 5.74) is 1.51. The number of rotatable bonds is 6. The lowest BCUT2D eigenvalue weighted by Gasteiger charge is -2.15. The molecule has 1 amide bonds. The van der Waals surface area contributed by atoms with Crippen LogP contribution in [0.5, 0.6) is 11.5 Å². The summed E-state index contributed by atoms with van der Waals surface area (Å²) in [7, 11) is 4.66. The fourth-order valence-electron chi connectivity index (χ4n) is 2.25. The third kappa shape index (κ3) is 4.35. The monoisotopic (exact) mass is 329 g/mol. The quantitative estimate of drug-likeness (QED) is 0.761. The van der Waals surface area contributed by atoms with Gasteiger partial charge in [0.25, 0.3) is 0 Å². The minimum absolute atomic E-state index is 0.183. The van der Waals surface area contributed by atoms with Crippen LogP contribution >= 0.6 is 0 Å². The van der Waals surface area contributed by atoms with E-state index in [1.165, 1.54) is 24.2 Å². The van der Waals surface area contributed by atoms with Gasteiger partial charge in [0, 0.05) is 25.2 Å². The van der Waals surface area contributed by atoms with E-state index < -0.39 is 5.82 Å². The van der Waals surface area contributed by atoms with E-state index in [0.717, 1.165) is 5.56 Å². The summed E-state index contributed by atoms with van der Waals surface area (Å²) in [5.74, 6) is 0.253. The summed E-state index contributed by atoms with van der Waals surface area (Å²) in [6, 6.07) is 12.1. The van der Waals surface area contributed by atoms with E-state index in [9.17, 15) is 9.18 Å². The van der Waals surface area contributed by atoms with Crippen molar-refractivity contribution >= 4 is 12.0 Å². The zero-order chi connectivity index (χ0) is 17.5. The molecule has 5 heteroatoms. The van der Waals surface area contributed by atoms with Crippen molar-refractivity contribution in [2.45, 2.75) is 6.54 Å². The Morgan fingerprint density at radius 3 is 2.50 bits per heavy atom. The van der Waals surface area contributed by atoms with Crippen molar-refractivity contribution in [3.8, 4) is 11.5 Å². The molecule has 0 heterocycles. The van der Waals surface area contributed by atoms with E-state index in [1.54, 1.807) is 32.4 Å². The minimum Gasteiger partial charge on any atom is -0.496 e. The normalized spacial score (nSPS) is 10.7. The van der Waals surface area contributed by atoms with Crippen LogP contribution in [0.25, 0.3) is 6.08 Å². The van der Waals surface area contributed by atoms with Crippen molar-refractivity contribution in [1.29, 1.82) is 0 Å². The first-order chi connectivity index (χ1) is 11.5. The Hall–Kier alpha value is -2.82. The number of ether oxygens (including phenoxy) is 2. The Morgan fingerprint density at radius 2 is 1.83 bits per heavy atom. The minimum atomic E-state index is -0.444. The molecular formula is C19H20FNO3. The van der Waals surface area contributed by atoms with E-state index in [-0.39, 0.29) is 11.7 Å². The second-order valence-electron chi connectivity index (χ2n) is 5.24. The number of likely N-dealkylation sites (N-methyl/N-ethyl adjacent to an activating group) is 1. The molecule has 0 unspecified atom stereocenters. The maximum atomic E-state index is 13.7. The number of carbonyl (C=O) groups is 1. The number of halogens is 1. The number of hydrogen-bond donors (Lipinski definition) is 0. The lowest BCUT2D eigenvalue weighted by Crippen LogP contribution is -2.24. The van der Waals surface area contributed by atoms with Crippen LogP contribution in [-0.2, 0) is 11.3 Å². The molecule has 2 rings (SSSR count). The Balaban J connectivity index is 2.04. The highest BCUT2D eigenvalue weighted by Crippen LogP contribution is 2.20. The van der Waals surface area contributed by atoms with Gasteiger partial charge in [-0.05, 0) is 29.8 Å². The highest BCUT2D eigenvalue weighted by molar-refractivity contribution is 5.92. The Bertz CT molecular complexity index is 743. The third-order valence-corrected chi connectivity index (χ3v) is 3.56. The molecule has 0 aliphatic carbocycles. The first kappa shape index (κ1) is 17.5. The molecule has 0 aliphatic rings. The van der Waals surface area contributed by atoms with Gasteiger partial charge in [-0.25, -0.2) is 4.39 Å². The molecule has 0 saturated heterocycles. The van der Waals surface area contributed by atoms with Gasteiger partial charge in [0.15, 0.2) is 11.6 Å². The average molecular weight is 329 g/mol. The Morgan fingerprint density at radius 1 is 1.12 bits per heavy atom. The highest BCUT2D eigenvalue weighted by Gasteiger charge is 2.09. The summed E-state index contributed by atoms with van der Waals surface area (Å²) in [6.07, 6.45) is 3.17. The van der Waals surface area contributed by atoms with Crippen LogP contribution in [-0.4, -0.2) is 32.1 Å². The molecule has 0 radical (unpaired) electrons. The van der Waals surface area contributed by atoms with E-state index >= 15 is 0 Å². The molecule has 0 fully saturated rings. The first-order valence-corrected chi connectivity index (χ1v) is 7.43. The van der Waals surface area contributed by atoms with Crippen LogP contribution < -0.4 is 9.47 Å². The van der Waals surface area contributed by atoms with E-state index in [1.807, 2.05) is 24.3 Å². The van der Waals surface area contributed by atoms with E-state index in [0.29, 0.717) is 17.9 Å². The predicted octanol–water partition coefficient (Wildman–Crippen LogP) is 3.51. The number of amides is 1. The van der Waals surface area contributed by atoms with Crippen LogP contribution in [0.15, 0.2) is 48.5 Å². The van der Waals surface area contributed by atoms with Gasteiger partial charge in [0.2, 0.25) is 5.91 Å². The first-order valence-electron chi connectivity index (χ1n) is 7.43. The Labute approximate surface area is 141 Å². The number of carbonyl (C=O) groups excluding carboxylic acids is 1. The molecule has 0 N–H and O–H groups in total. The van der Waals surface area contributed by atoms with Crippen molar-refractivity contribution in [3.05, 3.63) is 65.5 Å². The summed E-state index contributed by atoms with van der Waals surface area (Å²) in [4.78, 5) is 13.7. The number of para-hydroxylation sites is 1. The molecule has 126 valence electrons. The molecule has 4 nitrogen and oxygen atoms in total. The number of benzene rings is 2. The van der Waals surface area contributed by atoms with Gasteiger partial charge in [-0.2, -0.15) is 0 Å². The van der Waals surface area contributed by atoms with E-state index in [4.69, 9.17) is 9.47 Å². The Kier molecular flexibility index (Phi) is 5.95. The zero-order valence-corrected chi connectivity index (χ0v) is 14.0. The van der Waals surface area contributed by atoms with Gasteiger partial charge in [-0.3, -0.25) is 4.79 Å². The fourth-order valence-corrected chi connectivity index (χ4v) is 2.25. The summed E-state index contributed by atoms with van der Waals surface area (Å²) < 4.78 is 23.8. The van der Waals surface area contributed by atoms with Gasteiger partial charge in [0.1, 0.15) is 5.75 Å². The van der Waals surface area contributed by atoms with Crippen molar-refractivity contribution < 1.29 is 18.7 Å². The molecule has 2 aromatic carbocycles. The lowest BCUT2D eigenvalue weighted by molar-refractivity contribution is -0.125. The largest absolute Gasteiger partial charge is 0.496 e. The number of hydrogen-bond acceptors (Lipinski definition) is 3. The molecule has 0 atom stereocenters.